The van der Waals surface area contributed by atoms with Gasteiger partial charge in [0, 0.05) is 18.1 Å². The standard InChI is InChI=1S/C13H17N5O2S/c1-7-6-21-13(14-7)10(9-4-5-9)15-12-11(18(19)20)8(2)16-17(12)3/h6,9-10,15H,4-5H2,1-3H3/t10-/m1/s1. The molecule has 21 heavy (non-hydrogen) atoms. The summed E-state index contributed by atoms with van der Waals surface area (Å²) in [6, 6.07) is 0.0252. The fourth-order valence-corrected chi connectivity index (χ4v) is 3.44. The topological polar surface area (TPSA) is 85.9 Å². The van der Waals surface area contributed by atoms with Crippen LogP contribution >= 0.6 is 11.3 Å². The largest absolute Gasteiger partial charge is 0.355 e. The van der Waals surface area contributed by atoms with Crippen LogP contribution in [0, 0.1) is 29.9 Å². The first kappa shape index (κ1) is 14.0. The Bertz CT molecular complexity index is 689. The minimum Gasteiger partial charge on any atom is -0.355 e. The van der Waals surface area contributed by atoms with Gasteiger partial charge in [-0.2, -0.15) is 5.10 Å². The van der Waals surface area contributed by atoms with E-state index >= 15 is 0 Å². The predicted molar refractivity (Wildman–Crippen MR) is 80.5 cm³/mol. The molecule has 0 saturated heterocycles. The minimum absolute atomic E-state index is 0.0252. The van der Waals surface area contributed by atoms with E-state index in [1.54, 1.807) is 30.0 Å². The molecule has 1 fully saturated rings. The number of nitrogens with zero attached hydrogens (tertiary/aromatic N) is 4. The molecule has 112 valence electrons. The zero-order valence-corrected chi connectivity index (χ0v) is 13.0. The molecule has 1 atom stereocenters. The van der Waals surface area contributed by atoms with Crippen molar-refractivity contribution in [2.45, 2.75) is 32.7 Å². The maximum Gasteiger partial charge on any atom is 0.333 e. The third-order valence-corrected chi connectivity index (χ3v) is 4.71. The van der Waals surface area contributed by atoms with Crippen LogP contribution in [-0.4, -0.2) is 19.7 Å². The fraction of sp³-hybridized carbons (Fsp3) is 0.538. The summed E-state index contributed by atoms with van der Waals surface area (Å²) in [6.45, 7) is 3.61. The van der Waals surface area contributed by atoms with Crippen LogP contribution in [0.5, 0.6) is 0 Å². The molecular weight excluding hydrogens is 290 g/mol. The monoisotopic (exact) mass is 307 g/mol. The minimum atomic E-state index is -0.373. The van der Waals surface area contributed by atoms with Crippen molar-refractivity contribution in [2.75, 3.05) is 5.32 Å². The lowest BCUT2D eigenvalue weighted by atomic mass is 10.2. The summed E-state index contributed by atoms with van der Waals surface area (Å²) in [6.07, 6.45) is 2.25. The van der Waals surface area contributed by atoms with Gasteiger partial charge in [0.25, 0.3) is 0 Å². The second kappa shape index (κ2) is 5.10. The molecule has 0 spiro atoms. The van der Waals surface area contributed by atoms with Crippen molar-refractivity contribution in [3.8, 4) is 0 Å². The summed E-state index contributed by atoms with van der Waals surface area (Å²) in [4.78, 5) is 15.4. The van der Waals surface area contributed by atoms with E-state index in [2.05, 4.69) is 15.4 Å². The Labute approximate surface area is 126 Å². The van der Waals surface area contributed by atoms with E-state index in [9.17, 15) is 10.1 Å². The number of nitro groups is 1. The van der Waals surface area contributed by atoms with Gasteiger partial charge in [0.1, 0.15) is 10.7 Å². The molecule has 2 heterocycles. The second-order valence-electron chi connectivity index (χ2n) is 5.45. The quantitative estimate of drug-likeness (QED) is 0.678. The van der Waals surface area contributed by atoms with E-state index in [1.807, 2.05) is 12.3 Å². The van der Waals surface area contributed by atoms with Crippen molar-refractivity contribution in [3.05, 3.63) is 31.9 Å². The highest BCUT2D eigenvalue weighted by atomic mass is 32.1. The van der Waals surface area contributed by atoms with E-state index < -0.39 is 0 Å². The number of rotatable bonds is 5. The molecular formula is C13H17N5O2S. The normalized spacial score (nSPS) is 16.0. The van der Waals surface area contributed by atoms with Gasteiger partial charge in [-0.05, 0) is 32.6 Å². The molecule has 2 aromatic heterocycles. The van der Waals surface area contributed by atoms with Gasteiger partial charge in [-0.25, -0.2) is 9.67 Å². The van der Waals surface area contributed by atoms with Crippen LogP contribution in [0.3, 0.4) is 0 Å². The molecule has 1 N–H and O–H groups in total. The zero-order chi connectivity index (χ0) is 15.1. The molecule has 3 rings (SSSR count). The van der Waals surface area contributed by atoms with Gasteiger partial charge >= 0.3 is 5.69 Å². The van der Waals surface area contributed by atoms with Crippen LogP contribution in [0.1, 0.15) is 35.3 Å². The molecule has 1 aliphatic rings. The summed E-state index contributed by atoms with van der Waals surface area (Å²) in [5.41, 5.74) is 1.46. The number of aromatic nitrogens is 3. The first-order chi connectivity index (χ1) is 9.97. The van der Waals surface area contributed by atoms with Crippen molar-refractivity contribution in [2.24, 2.45) is 13.0 Å². The molecule has 2 aromatic rings. The Morgan fingerprint density at radius 2 is 2.24 bits per heavy atom. The lowest BCUT2D eigenvalue weighted by Gasteiger charge is -2.16. The molecule has 0 aromatic carbocycles. The first-order valence-electron chi connectivity index (χ1n) is 6.84. The molecule has 0 aliphatic heterocycles. The van der Waals surface area contributed by atoms with E-state index in [4.69, 9.17) is 0 Å². The number of hydrogen-bond acceptors (Lipinski definition) is 6. The van der Waals surface area contributed by atoms with Gasteiger partial charge in [-0.15, -0.1) is 11.3 Å². The molecule has 0 amide bonds. The van der Waals surface area contributed by atoms with Crippen molar-refractivity contribution in [3.63, 3.8) is 0 Å². The molecule has 8 heteroatoms. The Morgan fingerprint density at radius 3 is 2.76 bits per heavy atom. The molecule has 7 nitrogen and oxygen atoms in total. The lowest BCUT2D eigenvalue weighted by Crippen LogP contribution is -2.16. The Balaban J connectivity index is 1.95. The van der Waals surface area contributed by atoms with E-state index in [1.165, 1.54) is 0 Å². The van der Waals surface area contributed by atoms with Crippen LogP contribution in [0.4, 0.5) is 11.5 Å². The Morgan fingerprint density at radius 1 is 1.52 bits per heavy atom. The van der Waals surface area contributed by atoms with Crippen molar-refractivity contribution in [1.82, 2.24) is 14.8 Å². The highest BCUT2D eigenvalue weighted by Crippen LogP contribution is 2.44. The summed E-state index contributed by atoms with van der Waals surface area (Å²) < 4.78 is 1.54. The molecule has 1 aliphatic carbocycles. The van der Waals surface area contributed by atoms with Gasteiger partial charge in [0.2, 0.25) is 5.82 Å². The Kier molecular flexibility index (Phi) is 3.40. The highest BCUT2D eigenvalue weighted by Gasteiger charge is 2.37. The number of hydrogen-bond donors (Lipinski definition) is 1. The highest BCUT2D eigenvalue weighted by molar-refractivity contribution is 7.09. The van der Waals surface area contributed by atoms with E-state index in [0.717, 1.165) is 23.5 Å². The van der Waals surface area contributed by atoms with Gasteiger partial charge in [0.05, 0.1) is 11.0 Å². The van der Waals surface area contributed by atoms with Crippen molar-refractivity contribution in [1.29, 1.82) is 0 Å². The third kappa shape index (κ3) is 2.63. The number of nitrogens with one attached hydrogen (secondary N) is 1. The van der Waals surface area contributed by atoms with Crippen molar-refractivity contribution >= 4 is 22.8 Å². The summed E-state index contributed by atoms with van der Waals surface area (Å²) in [5, 5.41) is 21.7. The third-order valence-electron chi connectivity index (χ3n) is 3.66. The fourth-order valence-electron chi connectivity index (χ4n) is 2.50. The van der Waals surface area contributed by atoms with Gasteiger partial charge in [-0.1, -0.05) is 0 Å². The summed E-state index contributed by atoms with van der Waals surface area (Å²) in [5.74, 6) is 0.951. The zero-order valence-electron chi connectivity index (χ0n) is 12.2. The van der Waals surface area contributed by atoms with Crippen LogP contribution in [0.2, 0.25) is 0 Å². The summed E-state index contributed by atoms with van der Waals surface area (Å²) >= 11 is 1.60. The van der Waals surface area contributed by atoms with Crippen LogP contribution in [0.25, 0.3) is 0 Å². The SMILES string of the molecule is Cc1csc([C@H](Nc2c([N+](=O)[O-])c(C)nn2C)C2CC2)n1. The second-order valence-corrected chi connectivity index (χ2v) is 6.34. The molecule has 0 unspecified atom stereocenters. The number of thiazole rings is 1. The number of anilines is 1. The van der Waals surface area contributed by atoms with Gasteiger partial charge in [0.15, 0.2) is 0 Å². The Hall–Kier alpha value is -1.96. The first-order valence-corrected chi connectivity index (χ1v) is 7.72. The van der Waals surface area contributed by atoms with Gasteiger partial charge in [-0.3, -0.25) is 10.1 Å². The average Bonchev–Trinajstić information content (AvgIpc) is 3.08. The summed E-state index contributed by atoms with van der Waals surface area (Å²) in [7, 11) is 1.72. The smallest absolute Gasteiger partial charge is 0.333 e. The van der Waals surface area contributed by atoms with E-state index in [-0.39, 0.29) is 16.7 Å². The van der Waals surface area contributed by atoms with Crippen LogP contribution in [-0.2, 0) is 7.05 Å². The van der Waals surface area contributed by atoms with E-state index in [0.29, 0.717) is 17.4 Å². The lowest BCUT2D eigenvalue weighted by molar-refractivity contribution is -0.384. The average molecular weight is 307 g/mol. The maximum atomic E-state index is 11.3. The molecule has 0 radical (unpaired) electrons. The molecule has 0 bridgehead atoms. The maximum absolute atomic E-state index is 11.3. The predicted octanol–water partition coefficient (Wildman–Crippen LogP) is 2.96. The van der Waals surface area contributed by atoms with Crippen LogP contribution in [0.15, 0.2) is 5.38 Å². The van der Waals surface area contributed by atoms with Crippen LogP contribution < -0.4 is 5.32 Å². The van der Waals surface area contributed by atoms with Crippen molar-refractivity contribution < 1.29 is 4.92 Å². The number of aryl methyl sites for hydroxylation is 3. The van der Waals surface area contributed by atoms with Gasteiger partial charge < -0.3 is 5.32 Å². The molecule has 1 saturated carbocycles.